The fourth-order valence-electron chi connectivity index (χ4n) is 2.51. The zero-order valence-corrected chi connectivity index (χ0v) is 13.1. The first-order valence-electron chi connectivity index (χ1n) is 7.72. The van der Waals surface area contributed by atoms with Crippen molar-refractivity contribution in [1.82, 2.24) is 4.98 Å². The van der Waals surface area contributed by atoms with Crippen LogP contribution >= 0.6 is 0 Å². The number of para-hydroxylation sites is 3. The van der Waals surface area contributed by atoms with Gasteiger partial charge in [-0.05, 0) is 36.4 Å². The van der Waals surface area contributed by atoms with Gasteiger partial charge in [-0.2, -0.15) is 0 Å². The Morgan fingerprint density at radius 2 is 1.68 bits per heavy atom. The lowest BCUT2D eigenvalue weighted by Crippen LogP contribution is -1.82. The number of oxazole rings is 1. The number of nitrogens with zero attached hydrogens (tertiary/aromatic N) is 2. The van der Waals surface area contributed by atoms with Crippen LogP contribution in [0.4, 0.5) is 5.69 Å². The summed E-state index contributed by atoms with van der Waals surface area (Å²) in [5.41, 5.74) is 3.06. The largest absolute Gasteiger partial charge is 0.507 e. The van der Waals surface area contributed by atoms with Crippen LogP contribution in [0.5, 0.6) is 11.5 Å². The summed E-state index contributed by atoms with van der Waals surface area (Å²) in [6.07, 6.45) is 1.54. The number of hydrogen-bond donors (Lipinski definition) is 2. The maximum absolute atomic E-state index is 10.3. The molecule has 3 aromatic carbocycles. The molecule has 0 spiro atoms. The molecule has 0 radical (unpaired) electrons. The Balaban J connectivity index is 1.66. The lowest BCUT2D eigenvalue weighted by Gasteiger charge is -2.02. The Kier molecular flexibility index (Phi) is 3.67. The van der Waals surface area contributed by atoms with Crippen molar-refractivity contribution < 1.29 is 14.6 Å². The summed E-state index contributed by atoms with van der Waals surface area (Å²) < 4.78 is 5.68. The third-order valence-electron chi connectivity index (χ3n) is 3.80. The van der Waals surface area contributed by atoms with Crippen molar-refractivity contribution in [2.45, 2.75) is 0 Å². The molecule has 0 aliphatic carbocycles. The molecule has 0 atom stereocenters. The van der Waals surface area contributed by atoms with Crippen LogP contribution in [0.15, 0.2) is 76.1 Å². The molecular weight excluding hydrogens is 316 g/mol. The van der Waals surface area contributed by atoms with E-state index < -0.39 is 0 Å². The number of phenolic OH excluding ortho intramolecular Hbond substituents is 2. The van der Waals surface area contributed by atoms with Gasteiger partial charge in [0.1, 0.15) is 17.0 Å². The van der Waals surface area contributed by atoms with E-state index in [-0.39, 0.29) is 11.5 Å². The molecule has 122 valence electrons. The standard InChI is InChI=1S/C20H14N2O3/c23-17-7-3-1-5-13(17)12-21-14-9-10-15(18(24)11-14)20-22-16-6-2-4-8-19(16)25-20/h1-12,23-24H. The van der Waals surface area contributed by atoms with Gasteiger partial charge in [0.05, 0.1) is 11.3 Å². The minimum atomic E-state index is 0.0264. The minimum absolute atomic E-state index is 0.0264. The van der Waals surface area contributed by atoms with Gasteiger partial charge in [0, 0.05) is 17.8 Å². The van der Waals surface area contributed by atoms with Crippen LogP contribution < -0.4 is 0 Å². The number of aromatic hydroxyl groups is 2. The highest BCUT2D eigenvalue weighted by Gasteiger charge is 2.12. The van der Waals surface area contributed by atoms with E-state index in [0.29, 0.717) is 28.3 Å². The first-order valence-corrected chi connectivity index (χ1v) is 7.72. The molecule has 25 heavy (non-hydrogen) atoms. The zero-order valence-electron chi connectivity index (χ0n) is 13.1. The van der Waals surface area contributed by atoms with Crippen molar-refractivity contribution in [3.05, 3.63) is 72.3 Å². The smallest absolute Gasteiger partial charge is 0.231 e. The monoisotopic (exact) mass is 330 g/mol. The van der Waals surface area contributed by atoms with Crippen molar-refractivity contribution in [3.8, 4) is 23.0 Å². The molecule has 0 fully saturated rings. The molecule has 1 heterocycles. The highest BCUT2D eigenvalue weighted by atomic mass is 16.3. The lowest BCUT2D eigenvalue weighted by atomic mass is 10.1. The Bertz CT molecular complexity index is 1050. The van der Waals surface area contributed by atoms with Gasteiger partial charge >= 0.3 is 0 Å². The third-order valence-corrected chi connectivity index (χ3v) is 3.80. The molecule has 0 amide bonds. The molecule has 5 heteroatoms. The van der Waals surface area contributed by atoms with Gasteiger partial charge in [-0.3, -0.25) is 4.99 Å². The van der Waals surface area contributed by atoms with Crippen molar-refractivity contribution in [3.63, 3.8) is 0 Å². The highest BCUT2D eigenvalue weighted by molar-refractivity contribution is 5.85. The summed E-state index contributed by atoms with van der Waals surface area (Å²) in [6, 6.07) is 19.3. The predicted octanol–water partition coefficient (Wildman–Crippen LogP) is 4.66. The second-order valence-corrected chi connectivity index (χ2v) is 5.51. The van der Waals surface area contributed by atoms with Gasteiger partial charge in [-0.15, -0.1) is 0 Å². The van der Waals surface area contributed by atoms with E-state index in [1.807, 2.05) is 30.3 Å². The molecule has 4 rings (SSSR count). The topological polar surface area (TPSA) is 78.9 Å². The van der Waals surface area contributed by atoms with E-state index in [4.69, 9.17) is 4.42 Å². The molecule has 0 aliphatic rings. The quantitative estimate of drug-likeness (QED) is 0.536. The molecule has 2 N–H and O–H groups in total. The summed E-state index contributed by atoms with van der Waals surface area (Å²) in [5.74, 6) is 0.534. The summed E-state index contributed by atoms with van der Waals surface area (Å²) in [6.45, 7) is 0. The number of phenols is 2. The number of aromatic nitrogens is 1. The SMILES string of the molecule is Oc1ccccc1C=Nc1ccc(-c2nc3ccccc3o2)c(O)c1. The van der Waals surface area contributed by atoms with Crippen LogP contribution in [0, 0.1) is 0 Å². The van der Waals surface area contributed by atoms with E-state index in [0.717, 1.165) is 5.52 Å². The van der Waals surface area contributed by atoms with E-state index in [1.54, 1.807) is 36.5 Å². The van der Waals surface area contributed by atoms with Gasteiger partial charge in [-0.1, -0.05) is 24.3 Å². The van der Waals surface area contributed by atoms with Crippen molar-refractivity contribution >= 4 is 23.0 Å². The Hall–Kier alpha value is -3.60. The fraction of sp³-hybridized carbons (Fsp3) is 0. The molecule has 1 aromatic heterocycles. The van der Waals surface area contributed by atoms with Crippen LogP contribution in [0.2, 0.25) is 0 Å². The second kappa shape index (κ2) is 6.13. The van der Waals surface area contributed by atoms with Crippen molar-refractivity contribution in [2.24, 2.45) is 4.99 Å². The maximum atomic E-state index is 10.3. The van der Waals surface area contributed by atoms with Crippen LogP contribution in [0.3, 0.4) is 0 Å². The van der Waals surface area contributed by atoms with E-state index in [9.17, 15) is 10.2 Å². The Morgan fingerprint density at radius 3 is 2.48 bits per heavy atom. The zero-order chi connectivity index (χ0) is 17.2. The average Bonchev–Trinajstić information content (AvgIpc) is 3.05. The number of hydrogen-bond acceptors (Lipinski definition) is 5. The Morgan fingerprint density at radius 1 is 0.880 bits per heavy atom. The first kappa shape index (κ1) is 15.0. The van der Waals surface area contributed by atoms with Gasteiger partial charge in [0.2, 0.25) is 5.89 Å². The molecule has 0 bridgehead atoms. The molecule has 4 aromatic rings. The summed E-state index contributed by atoms with van der Waals surface area (Å²) in [4.78, 5) is 8.66. The molecule has 0 unspecified atom stereocenters. The molecular formula is C20H14N2O3. The van der Waals surface area contributed by atoms with E-state index >= 15 is 0 Å². The lowest BCUT2D eigenvalue weighted by molar-refractivity contribution is 0.474. The van der Waals surface area contributed by atoms with Gasteiger partial charge in [0.25, 0.3) is 0 Å². The van der Waals surface area contributed by atoms with Gasteiger partial charge in [-0.25, -0.2) is 4.98 Å². The number of aliphatic imine (C=N–C) groups is 1. The van der Waals surface area contributed by atoms with Gasteiger partial charge in [0.15, 0.2) is 5.58 Å². The van der Waals surface area contributed by atoms with Crippen molar-refractivity contribution in [1.29, 1.82) is 0 Å². The van der Waals surface area contributed by atoms with Crippen LogP contribution in [0.25, 0.3) is 22.6 Å². The molecule has 0 aliphatic heterocycles. The highest BCUT2D eigenvalue weighted by Crippen LogP contribution is 2.33. The number of benzene rings is 3. The van der Waals surface area contributed by atoms with Crippen LogP contribution in [-0.4, -0.2) is 21.4 Å². The fourth-order valence-corrected chi connectivity index (χ4v) is 2.51. The second-order valence-electron chi connectivity index (χ2n) is 5.51. The Labute approximate surface area is 143 Å². The number of rotatable bonds is 3. The van der Waals surface area contributed by atoms with E-state index in [1.165, 1.54) is 6.07 Å². The summed E-state index contributed by atoms with van der Waals surface area (Å²) in [5, 5.41) is 20.0. The third kappa shape index (κ3) is 2.95. The molecule has 5 nitrogen and oxygen atoms in total. The first-order chi connectivity index (χ1) is 12.2. The molecule has 0 saturated carbocycles. The van der Waals surface area contributed by atoms with E-state index in [2.05, 4.69) is 9.98 Å². The summed E-state index contributed by atoms with van der Waals surface area (Å²) in [7, 11) is 0. The normalized spacial score (nSPS) is 11.4. The average molecular weight is 330 g/mol. The maximum Gasteiger partial charge on any atom is 0.231 e. The minimum Gasteiger partial charge on any atom is -0.507 e. The number of fused-ring (bicyclic) bond motifs is 1. The van der Waals surface area contributed by atoms with Crippen molar-refractivity contribution in [2.75, 3.05) is 0 Å². The summed E-state index contributed by atoms with van der Waals surface area (Å²) >= 11 is 0. The van der Waals surface area contributed by atoms with Gasteiger partial charge < -0.3 is 14.6 Å². The molecule has 0 saturated heterocycles. The van der Waals surface area contributed by atoms with Crippen LogP contribution in [-0.2, 0) is 0 Å². The predicted molar refractivity (Wildman–Crippen MR) is 96.5 cm³/mol. The van der Waals surface area contributed by atoms with Crippen LogP contribution in [0.1, 0.15) is 5.56 Å².